The van der Waals surface area contributed by atoms with Gasteiger partial charge in [-0.2, -0.15) is 9.61 Å². The standard InChI is InChI=1S/C38H55N5O5SSi2/c1-8-46-19-16-33-36(31-17-22-49(44,45)23-18-31)41-37-34(32-14-15-35(39-26-32)30-12-10-9-11-13-30)27-40-43(37)38(33)42(28-47-20-24-50(2,3)4)29-48-21-25-51(5,6)7/h9-16,19,26-27,31H,8,17-18,20-25,28-29H2,1-7H3. The highest BCUT2D eigenvalue weighted by molar-refractivity contribution is 7.91. The van der Waals surface area contributed by atoms with Gasteiger partial charge in [0.2, 0.25) is 0 Å². The van der Waals surface area contributed by atoms with Crippen molar-refractivity contribution >= 4 is 43.5 Å². The van der Waals surface area contributed by atoms with Crippen LogP contribution in [0.2, 0.25) is 51.4 Å². The minimum Gasteiger partial charge on any atom is -0.501 e. The summed E-state index contributed by atoms with van der Waals surface area (Å²) in [6.07, 6.45) is 8.34. The molecule has 4 aromatic rings. The maximum absolute atomic E-state index is 12.6. The van der Waals surface area contributed by atoms with Crippen molar-refractivity contribution in [2.24, 2.45) is 0 Å². The third kappa shape index (κ3) is 10.8. The van der Waals surface area contributed by atoms with E-state index in [0.717, 1.165) is 51.5 Å². The molecule has 3 aromatic heterocycles. The molecule has 0 N–H and O–H groups in total. The third-order valence-electron chi connectivity index (χ3n) is 9.06. The maximum Gasteiger partial charge on any atom is 0.165 e. The fraction of sp³-hybridized carbons (Fsp3) is 0.500. The predicted molar refractivity (Wildman–Crippen MR) is 213 cm³/mol. The van der Waals surface area contributed by atoms with Crippen molar-refractivity contribution in [1.82, 2.24) is 19.6 Å². The molecule has 1 aliphatic rings. The predicted octanol–water partition coefficient (Wildman–Crippen LogP) is 8.19. The molecule has 0 spiro atoms. The lowest BCUT2D eigenvalue weighted by molar-refractivity contribution is 0.0942. The minimum absolute atomic E-state index is 0.0673. The first-order valence-electron chi connectivity index (χ1n) is 18.1. The van der Waals surface area contributed by atoms with Gasteiger partial charge in [0, 0.05) is 63.7 Å². The molecule has 10 nitrogen and oxygen atoms in total. The Hall–Kier alpha value is -3.37. The third-order valence-corrected chi connectivity index (χ3v) is 14.2. The molecule has 0 bridgehead atoms. The van der Waals surface area contributed by atoms with E-state index in [2.05, 4.69) is 50.2 Å². The van der Waals surface area contributed by atoms with Crippen LogP contribution in [0.3, 0.4) is 0 Å². The molecule has 13 heteroatoms. The molecule has 1 aromatic carbocycles. The maximum atomic E-state index is 12.6. The van der Waals surface area contributed by atoms with Crippen LogP contribution >= 0.6 is 0 Å². The zero-order valence-electron chi connectivity index (χ0n) is 31.4. The molecule has 0 radical (unpaired) electrons. The van der Waals surface area contributed by atoms with Gasteiger partial charge < -0.3 is 19.1 Å². The number of fused-ring (bicyclic) bond motifs is 1. The van der Waals surface area contributed by atoms with E-state index in [1.165, 1.54) is 0 Å². The van der Waals surface area contributed by atoms with Gasteiger partial charge in [0.1, 0.15) is 29.1 Å². The second-order valence-electron chi connectivity index (χ2n) is 15.7. The Morgan fingerprint density at radius 1 is 0.882 bits per heavy atom. The van der Waals surface area contributed by atoms with Crippen LogP contribution in [-0.4, -0.2) is 88.9 Å². The summed E-state index contributed by atoms with van der Waals surface area (Å²) in [5.74, 6) is 0.978. The van der Waals surface area contributed by atoms with Crippen LogP contribution in [0.5, 0.6) is 0 Å². The van der Waals surface area contributed by atoms with Crippen molar-refractivity contribution in [1.29, 1.82) is 0 Å². The van der Waals surface area contributed by atoms with E-state index in [4.69, 9.17) is 29.3 Å². The van der Waals surface area contributed by atoms with E-state index in [1.54, 1.807) is 6.26 Å². The molecular weight excluding hydrogens is 695 g/mol. The first kappa shape index (κ1) is 38.9. The topological polar surface area (TPSA) is 108 Å². The Kier molecular flexibility index (Phi) is 12.9. The number of anilines is 1. The van der Waals surface area contributed by atoms with E-state index >= 15 is 0 Å². The van der Waals surface area contributed by atoms with Gasteiger partial charge in [-0.05, 0) is 44.0 Å². The Balaban J connectivity index is 1.65. The molecule has 276 valence electrons. The van der Waals surface area contributed by atoms with Crippen LogP contribution in [0.4, 0.5) is 5.82 Å². The van der Waals surface area contributed by atoms with Crippen LogP contribution in [-0.2, 0) is 24.0 Å². The lowest BCUT2D eigenvalue weighted by Crippen LogP contribution is -2.34. The van der Waals surface area contributed by atoms with Crippen molar-refractivity contribution < 1.29 is 22.6 Å². The van der Waals surface area contributed by atoms with Crippen LogP contribution in [0.15, 0.2) is 61.1 Å². The molecule has 0 unspecified atom stereocenters. The summed E-state index contributed by atoms with van der Waals surface area (Å²) in [6, 6.07) is 16.3. The Bertz CT molecular complexity index is 1840. The second-order valence-corrected chi connectivity index (χ2v) is 29.3. The van der Waals surface area contributed by atoms with Crippen molar-refractivity contribution in [3.05, 3.63) is 72.4 Å². The molecule has 51 heavy (non-hydrogen) atoms. The van der Waals surface area contributed by atoms with E-state index in [0.29, 0.717) is 51.8 Å². The van der Waals surface area contributed by atoms with Gasteiger partial charge in [-0.15, -0.1) is 0 Å². The lowest BCUT2D eigenvalue weighted by atomic mass is 9.94. The normalized spacial score (nSPS) is 15.5. The smallest absolute Gasteiger partial charge is 0.165 e. The van der Waals surface area contributed by atoms with Crippen LogP contribution in [0.1, 0.15) is 36.9 Å². The van der Waals surface area contributed by atoms with Gasteiger partial charge in [-0.25, -0.2) is 13.4 Å². The monoisotopic (exact) mass is 749 g/mol. The summed E-state index contributed by atoms with van der Waals surface area (Å²) in [6.45, 7) is 18.4. The molecule has 0 aliphatic carbocycles. The number of pyridine rings is 1. The summed E-state index contributed by atoms with van der Waals surface area (Å²) in [5, 5.41) is 4.95. The SMILES string of the molecule is CCOC=Cc1c(C2CCS(=O)(=O)CC2)nc2c(-c3ccc(-c4ccccc4)nc3)cnn2c1N(COCC[Si](C)(C)C)COCC[Si](C)(C)C. The molecule has 0 saturated carbocycles. The first-order valence-corrected chi connectivity index (χ1v) is 27.3. The van der Waals surface area contributed by atoms with Gasteiger partial charge in [0.05, 0.1) is 42.0 Å². The van der Waals surface area contributed by atoms with Gasteiger partial charge >= 0.3 is 0 Å². The number of sulfone groups is 1. The first-order chi connectivity index (χ1) is 24.2. The lowest BCUT2D eigenvalue weighted by Gasteiger charge is -2.30. The summed E-state index contributed by atoms with van der Waals surface area (Å²) in [4.78, 5) is 12.2. The highest BCUT2D eigenvalue weighted by Gasteiger charge is 2.31. The van der Waals surface area contributed by atoms with E-state index in [-0.39, 0.29) is 17.4 Å². The summed E-state index contributed by atoms with van der Waals surface area (Å²) >= 11 is 0. The molecule has 4 heterocycles. The molecule has 1 saturated heterocycles. The molecule has 1 fully saturated rings. The number of aromatic nitrogens is 4. The molecule has 1 aliphatic heterocycles. The van der Waals surface area contributed by atoms with Crippen molar-refractivity contribution in [2.75, 3.05) is 49.7 Å². The van der Waals surface area contributed by atoms with Gasteiger partial charge in [0.15, 0.2) is 5.65 Å². The van der Waals surface area contributed by atoms with Crippen LogP contribution in [0.25, 0.3) is 34.1 Å². The van der Waals surface area contributed by atoms with Crippen LogP contribution in [0, 0.1) is 0 Å². The van der Waals surface area contributed by atoms with E-state index in [9.17, 15) is 8.42 Å². The molecule has 0 amide bonds. The fourth-order valence-corrected chi connectivity index (χ4v) is 8.97. The number of nitrogens with zero attached hydrogens (tertiary/aromatic N) is 5. The quantitative estimate of drug-likeness (QED) is 0.0457. The highest BCUT2D eigenvalue weighted by atomic mass is 32.2. The zero-order valence-corrected chi connectivity index (χ0v) is 34.2. The molecular formula is C38H55N5O5SSi2. The van der Waals surface area contributed by atoms with Crippen molar-refractivity contribution in [2.45, 2.75) is 77.1 Å². The van der Waals surface area contributed by atoms with E-state index < -0.39 is 26.0 Å². The summed E-state index contributed by atoms with van der Waals surface area (Å²) in [5.41, 5.74) is 5.99. The Labute approximate surface area is 306 Å². The number of rotatable bonds is 17. The average Bonchev–Trinajstić information content (AvgIpc) is 3.51. The largest absolute Gasteiger partial charge is 0.501 e. The number of benzene rings is 1. The average molecular weight is 750 g/mol. The zero-order chi connectivity index (χ0) is 36.6. The fourth-order valence-electron chi connectivity index (χ4n) is 5.96. The van der Waals surface area contributed by atoms with Gasteiger partial charge in [0.25, 0.3) is 0 Å². The van der Waals surface area contributed by atoms with Gasteiger partial charge in [-0.1, -0.05) is 75.7 Å². The minimum atomic E-state index is -3.09. The van der Waals surface area contributed by atoms with Crippen molar-refractivity contribution in [3.63, 3.8) is 0 Å². The van der Waals surface area contributed by atoms with Crippen molar-refractivity contribution in [3.8, 4) is 22.4 Å². The number of ether oxygens (including phenoxy) is 3. The summed E-state index contributed by atoms with van der Waals surface area (Å²) in [7, 11) is -5.73. The Morgan fingerprint density at radius 2 is 1.53 bits per heavy atom. The second kappa shape index (κ2) is 17.0. The van der Waals surface area contributed by atoms with E-state index in [1.807, 2.05) is 66.3 Å². The van der Waals surface area contributed by atoms with Gasteiger partial charge in [-0.3, -0.25) is 4.98 Å². The number of hydrogen-bond donors (Lipinski definition) is 0. The Morgan fingerprint density at radius 3 is 2.10 bits per heavy atom. The molecule has 5 rings (SSSR count). The number of hydrogen-bond acceptors (Lipinski definition) is 9. The highest BCUT2D eigenvalue weighted by Crippen LogP contribution is 2.38. The molecule has 0 atom stereocenters. The summed E-state index contributed by atoms with van der Waals surface area (Å²) < 4.78 is 45.5. The van der Waals surface area contributed by atoms with Crippen LogP contribution < -0.4 is 4.90 Å².